The zero-order valence-corrected chi connectivity index (χ0v) is 19.2. The van der Waals surface area contributed by atoms with Crippen molar-refractivity contribution >= 4 is 21.8 Å². The van der Waals surface area contributed by atoms with E-state index in [1.54, 1.807) is 0 Å². The lowest BCUT2D eigenvalue weighted by molar-refractivity contribution is 0.794. The molecule has 0 saturated carbocycles. The maximum Gasteiger partial charge on any atom is 0.0705 e. The third kappa shape index (κ3) is 3.78. The first-order chi connectivity index (χ1) is 16.8. The number of aromatic nitrogens is 2. The monoisotopic (exact) mass is 438 g/mol. The number of para-hydroxylation sites is 1. The van der Waals surface area contributed by atoms with Gasteiger partial charge >= 0.3 is 0 Å². The molecule has 4 aromatic carbocycles. The summed E-state index contributed by atoms with van der Waals surface area (Å²) in [6.07, 6.45) is 0.829. The zero-order chi connectivity index (χ0) is 22.9. The molecule has 0 bridgehead atoms. The largest absolute Gasteiger partial charge is 0.354 e. The molecular formula is C32H26N2. The van der Waals surface area contributed by atoms with Gasteiger partial charge in [-0.05, 0) is 47.9 Å². The molecule has 2 heteroatoms. The molecule has 0 saturated heterocycles. The molecule has 6 aromatic rings. The predicted octanol–water partition coefficient (Wildman–Crippen LogP) is 8.07. The standard InChI is InChI=1S/C32H26N2/c1-22-16-19-29-25(20-22)17-18-26(33-29)21-28(23-10-4-2-5-11-23)31-27-14-8-9-15-30(27)34-32(31)24-12-6-3-7-13-24/h2-20,28,34H,21H2,1H3. The minimum atomic E-state index is 0.169. The molecule has 0 aliphatic heterocycles. The number of H-pyrrole nitrogens is 1. The summed E-state index contributed by atoms with van der Waals surface area (Å²) < 4.78 is 0. The Morgan fingerprint density at radius 3 is 2.29 bits per heavy atom. The Labute approximate surface area is 199 Å². The van der Waals surface area contributed by atoms with E-state index in [9.17, 15) is 0 Å². The minimum Gasteiger partial charge on any atom is -0.354 e. The average molecular weight is 439 g/mol. The topological polar surface area (TPSA) is 28.7 Å². The molecule has 0 spiro atoms. The molecule has 0 fully saturated rings. The number of nitrogens with zero attached hydrogens (tertiary/aromatic N) is 1. The van der Waals surface area contributed by atoms with Crippen LogP contribution in [0.3, 0.4) is 0 Å². The molecule has 1 unspecified atom stereocenters. The van der Waals surface area contributed by atoms with Crippen molar-refractivity contribution in [3.8, 4) is 11.3 Å². The Morgan fingerprint density at radius 1 is 0.735 bits per heavy atom. The Balaban J connectivity index is 1.55. The maximum absolute atomic E-state index is 5.06. The van der Waals surface area contributed by atoms with Gasteiger partial charge in [-0.2, -0.15) is 0 Å². The van der Waals surface area contributed by atoms with Crippen molar-refractivity contribution in [2.24, 2.45) is 0 Å². The quantitative estimate of drug-likeness (QED) is 0.290. The lowest BCUT2D eigenvalue weighted by Crippen LogP contribution is -2.07. The number of rotatable bonds is 5. The lowest BCUT2D eigenvalue weighted by atomic mass is 9.84. The first-order valence-corrected chi connectivity index (χ1v) is 11.8. The highest BCUT2D eigenvalue weighted by atomic mass is 14.7. The van der Waals surface area contributed by atoms with Crippen LogP contribution < -0.4 is 0 Å². The van der Waals surface area contributed by atoms with Crippen LogP contribution in [0.1, 0.15) is 28.3 Å². The normalized spacial score (nSPS) is 12.3. The van der Waals surface area contributed by atoms with Crippen molar-refractivity contribution in [1.29, 1.82) is 0 Å². The molecule has 34 heavy (non-hydrogen) atoms. The van der Waals surface area contributed by atoms with Crippen LogP contribution in [-0.2, 0) is 6.42 Å². The van der Waals surface area contributed by atoms with Gasteiger partial charge in [0.2, 0.25) is 0 Å². The van der Waals surface area contributed by atoms with E-state index in [1.165, 1.54) is 44.2 Å². The summed E-state index contributed by atoms with van der Waals surface area (Å²) in [7, 11) is 0. The zero-order valence-electron chi connectivity index (χ0n) is 19.2. The summed E-state index contributed by atoms with van der Waals surface area (Å²) in [6, 6.07) is 41.0. The van der Waals surface area contributed by atoms with Crippen LogP contribution in [0.4, 0.5) is 0 Å². The lowest BCUT2D eigenvalue weighted by Gasteiger charge is -2.20. The number of aryl methyl sites for hydroxylation is 1. The third-order valence-corrected chi connectivity index (χ3v) is 6.67. The molecule has 2 aromatic heterocycles. The van der Waals surface area contributed by atoms with Crippen LogP contribution in [0.2, 0.25) is 0 Å². The van der Waals surface area contributed by atoms with E-state index < -0.39 is 0 Å². The average Bonchev–Trinajstić information content (AvgIpc) is 3.28. The van der Waals surface area contributed by atoms with Crippen molar-refractivity contribution in [3.63, 3.8) is 0 Å². The highest BCUT2D eigenvalue weighted by Gasteiger charge is 2.24. The van der Waals surface area contributed by atoms with Gasteiger partial charge in [-0.3, -0.25) is 4.98 Å². The predicted molar refractivity (Wildman–Crippen MR) is 142 cm³/mol. The van der Waals surface area contributed by atoms with Gasteiger partial charge in [0.15, 0.2) is 0 Å². The van der Waals surface area contributed by atoms with Gasteiger partial charge in [-0.15, -0.1) is 0 Å². The number of fused-ring (bicyclic) bond motifs is 2. The summed E-state index contributed by atoms with van der Waals surface area (Å²) in [4.78, 5) is 8.80. The van der Waals surface area contributed by atoms with Crippen LogP contribution in [0, 0.1) is 6.92 Å². The molecule has 0 aliphatic rings. The number of hydrogen-bond donors (Lipinski definition) is 1. The van der Waals surface area contributed by atoms with E-state index in [1.807, 2.05) is 0 Å². The minimum absolute atomic E-state index is 0.169. The Hall–Kier alpha value is -4.17. The number of hydrogen-bond acceptors (Lipinski definition) is 1. The van der Waals surface area contributed by atoms with Crippen molar-refractivity contribution in [3.05, 3.63) is 138 Å². The number of pyridine rings is 1. The van der Waals surface area contributed by atoms with E-state index in [0.717, 1.165) is 17.6 Å². The van der Waals surface area contributed by atoms with Gasteiger partial charge in [0.1, 0.15) is 0 Å². The number of aromatic amines is 1. The number of nitrogens with one attached hydrogen (secondary N) is 1. The molecule has 1 N–H and O–H groups in total. The van der Waals surface area contributed by atoms with Crippen molar-refractivity contribution in [2.75, 3.05) is 0 Å². The van der Waals surface area contributed by atoms with Crippen LogP contribution in [0.25, 0.3) is 33.1 Å². The molecule has 2 nitrogen and oxygen atoms in total. The summed E-state index contributed by atoms with van der Waals surface area (Å²) >= 11 is 0. The van der Waals surface area contributed by atoms with Gasteiger partial charge in [-0.1, -0.05) is 96.6 Å². The Bertz CT molecular complexity index is 1580. The molecule has 0 aliphatic carbocycles. The SMILES string of the molecule is Cc1ccc2nc(CC(c3ccccc3)c3c(-c4ccccc4)[nH]c4ccccc34)ccc2c1. The van der Waals surface area contributed by atoms with Gasteiger partial charge in [0.25, 0.3) is 0 Å². The molecule has 6 rings (SSSR count). The Kier molecular flexibility index (Phi) is 5.20. The Morgan fingerprint density at radius 2 is 1.47 bits per heavy atom. The van der Waals surface area contributed by atoms with E-state index in [-0.39, 0.29) is 5.92 Å². The summed E-state index contributed by atoms with van der Waals surface area (Å²) in [6.45, 7) is 2.13. The number of benzene rings is 4. The second-order valence-corrected chi connectivity index (χ2v) is 8.99. The maximum atomic E-state index is 5.06. The molecule has 0 amide bonds. The van der Waals surface area contributed by atoms with Gasteiger partial charge < -0.3 is 4.98 Å². The second-order valence-electron chi connectivity index (χ2n) is 8.99. The fraction of sp³-hybridized carbons (Fsp3) is 0.0938. The second kappa shape index (κ2) is 8.64. The van der Waals surface area contributed by atoms with Crippen molar-refractivity contribution in [2.45, 2.75) is 19.3 Å². The third-order valence-electron chi connectivity index (χ3n) is 6.67. The van der Waals surface area contributed by atoms with Crippen LogP contribution >= 0.6 is 0 Å². The molecular weight excluding hydrogens is 412 g/mol. The molecule has 1 atom stereocenters. The van der Waals surface area contributed by atoms with Gasteiger partial charge in [-0.25, -0.2) is 0 Å². The summed E-state index contributed by atoms with van der Waals surface area (Å²) in [5.74, 6) is 0.169. The highest BCUT2D eigenvalue weighted by Crippen LogP contribution is 2.40. The fourth-order valence-corrected chi connectivity index (χ4v) is 5.04. The summed E-state index contributed by atoms with van der Waals surface area (Å²) in [5, 5.41) is 2.46. The van der Waals surface area contributed by atoms with Crippen molar-refractivity contribution in [1.82, 2.24) is 9.97 Å². The van der Waals surface area contributed by atoms with E-state index in [4.69, 9.17) is 4.98 Å². The smallest absolute Gasteiger partial charge is 0.0705 e. The molecule has 164 valence electrons. The van der Waals surface area contributed by atoms with E-state index >= 15 is 0 Å². The van der Waals surface area contributed by atoms with Gasteiger partial charge in [0, 0.05) is 34.3 Å². The molecule has 2 heterocycles. The first kappa shape index (κ1) is 20.4. The molecule has 0 radical (unpaired) electrons. The van der Waals surface area contributed by atoms with Gasteiger partial charge in [0.05, 0.1) is 11.2 Å². The van der Waals surface area contributed by atoms with Crippen LogP contribution in [-0.4, -0.2) is 9.97 Å². The van der Waals surface area contributed by atoms with E-state index in [2.05, 4.69) is 127 Å². The van der Waals surface area contributed by atoms with Crippen LogP contribution in [0.5, 0.6) is 0 Å². The fourth-order valence-electron chi connectivity index (χ4n) is 5.04. The first-order valence-electron chi connectivity index (χ1n) is 11.8. The van der Waals surface area contributed by atoms with E-state index in [0.29, 0.717) is 0 Å². The van der Waals surface area contributed by atoms with Crippen molar-refractivity contribution < 1.29 is 0 Å². The summed E-state index contributed by atoms with van der Waals surface area (Å²) in [5.41, 5.74) is 9.61. The highest BCUT2D eigenvalue weighted by molar-refractivity contribution is 5.92. The van der Waals surface area contributed by atoms with Crippen LogP contribution in [0.15, 0.2) is 115 Å².